The van der Waals surface area contributed by atoms with Crippen molar-refractivity contribution in [3.8, 4) is 23.0 Å². The Morgan fingerprint density at radius 3 is 2.71 bits per heavy atom. The third-order valence-electron chi connectivity index (χ3n) is 3.94. The van der Waals surface area contributed by atoms with Gasteiger partial charge in [-0.15, -0.1) is 10.2 Å². The number of carbonyl (C=O) groups excluding carboxylic acids is 1. The summed E-state index contributed by atoms with van der Waals surface area (Å²) in [6, 6.07) is 10.9. The highest BCUT2D eigenvalue weighted by Crippen LogP contribution is 2.29. The molecule has 0 fully saturated rings. The normalized spacial score (nSPS) is 10.5. The molecule has 8 nitrogen and oxygen atoms in total. The van der Waals surface area contributed by atoms with Crippen LogP contribution in [0.5, 0.6) is 11.5 Å². The Balaban J connectivity index is 1.68. The van der Waals surface area contributed by atoms with Gasteiger partial charge in [0.2, 0.25) is 5.91 Å². The number of rotatable bonds is 8. The smallest absolute Gasteiger partial charge is 0.234 e. The lowest BCUT2D eigenvalue weighted by Crippen LogP contribution is -2.15. The lowest BCUT2D eigenvalue weighted by Gasteiger charge is -2.11. The van der Waals surface area contributed by atoms with Crippen molar-refractivity contribution in [2.24, 2.45) is 0 Å². The largest absolute Gasteiger partial charge is 0.497 e. The number of amides is 1. The van der Waals surface area contributed by atoms with Crippen LogP contribution in [0.15, 0.2) is 47.8 Å². The van der Waals surface area contributed by atoms with E-state index in [2.05, 4.69) is 20.5 Å². The summed E-state index contributed by atoms with van der Waals surface area (Å²) in [6.07, 6.45) is 1.71. The average Bonchev–Trinajstić information content (AvgIpc) is 3.16. The molecule has 1 aromatic carbocycles. The molecule has 0 aliphatic rings. The van der Waals surface area contributed by atoms with Gasteiger partial charge in [0, 0.05) is 18.8 Å². The van der Waals surface area contributed by atoms with Gasteiger partial charge in [0.05, 0.1) is 25.7 Å². The van der Waals surface area contributed by atoms with Crippen molar-refractivity contribution < 1.29 is 14.3 Å². The second-order valence-electron chi connectivity index (χ2n) is 5.67. The zero-order valence-electron chi connectivity index (χ0n) is 15.9. The number of hydrogen-bond donors (Lipinski definition) is 1. The number of carbonyl (C=O) groups is 1. The summed E-state index contributed by atoms with van der Waals surface area (Å²) in [7, 11) is 3.12. The second kappa shape index (κ2) is 9.23. The minimum atomic E-state index is -0.168. The molecule has 3 rings (SSSR count). The minimum absolute atomic E-state index is 0.168. The fourth-order valence-electron chi connectivity index (χ4n) is 2.58. The number of methoxy groups -OCH3 is 2. The van der Waals surface area contributed by atoms with E-state index in [-0.39, 0.29) is 11.7 Å². The lowest BCUT2D eigenvalue weighted by atomic mass is 10.2. The zero-order chi connectivity index (χ0) is 19.9. The molecule has 2 heterocycles. The number of nitrogens with zero attached hydrogens (tertiary/aromatic N) is 4. The van der Waals surface area contributed by atoms with Crippen LogP contribution in [0.4, 0.5) is 5.69 Å². The predicted octanol–water partition coefficient (Wildman–Crippen LogP) is 3.11. The molecule has 0 radical (unpaired) electrons. The second-order valence-corrected chi connectivity index (χ2v) is 6.61. The summed E-state index contributed by atoms with van der Waals surface area (Å²) in [5, 5.41) is 12.0. The molecular formula is C19H21N5O3S. The zero-order valence-corrected chi connectivity index (χ0v) is 16.7. The molecule has 0 aliphatic carbocycles. The van der Waals surface area contributed by atoms with Gasteiger partial charge in [-0.25, -0.2) is 0 Å². The van der Waals surface area contributed by atoms with Crippen molar-refractivity contribution in [1.29, 1.82) is 0 Å². The van der Waals surface area contributed by atoms with E-state index < -0.39 is 0 Å². The molecule has 1 N–H and O–H groups in total. The van der Waals surface area contributed by atoms with Gasteiger partial charge in [-0.1, -0.05) is 17.8 Å². The van der Waals surface area contributed by atoms with Crippen LogP contribution in [0.1, 0.15) is 6.92 Å². The Bertz CT molecular complexity index is 946. The summed E-state index contributed by atoms with van der Waals surface area (Å²) >= 11 is 1.32. The molecule has 28 heavy (non-hydrogen) atoms. The molecule has 0 bridgehead atoms. The number of nitrogens with one attached hydrogen (secondary N) is 1. The highest BCUT2D eigenvalue weighted by Gasteiger charge is 2.16. The molecule has 0 aliphatic heterocycles. The van der Waals surface area contributed by atoms with Crippen LogP contribution in [0.3, 0.4) is 0 Å². The van der Waals surface area contributed by atoms with Crippen LogP contribution < -0.4 is 14.8 Å². The first kappa shape index (κ1) is 19.7. The van der Waals surface area contributed by atoms with Crippen molar-refractivity contribution in [3.05, 3.63) is 42.6 Å². The Labute approximate surface area is 167 Å². The number of aromatic nitrogens is 4. The van der Waals surface area contributed by atoms with Crippen molar-refractivity contribution in [2.45, 2.75) is 18.6 Å². The van der Waals surface area contributed by atoms with Crippen LogP contribution in [0.2, 0.25) is 0 Å². The van der Waals surface area contributed by atoms with E-state index in [1.807, 2.05) is 29.7 Å². The van der Waals surface area contributed by atoms with E-state index in [0.29, 0.717) is 34.7 Å². The van der Waals surface area contributed by atoms with Crippen molar-refractivity contribution >= 4 is 23.4 Å². The summed E-state index contributed by atoms with van der Waals surface area (Å²) < 4.78 is 12.4. The van der Waals surface area contributed by atoms with Gasteiger partial charge in [0.25, 0.3) is 0 Å². The van der Waals surface area contributed by atoms with Crippen LogP contribution in [-0.4, -0.2) is 45.6 Å². The molecule has 9 heteroatoms. The van der Waals surface area contributed by atoms with Gasteiger partial charge in [0.15, 0.2) is 11.0 Å². The monoisotopic (exact) mass is 399 g/mol. The van der Waals surface area contributed by atoms with E-state index in [1.165, 1.54) is 11.8 Å². The Morgan fingerprint density at radius 1 is 1.18 bits per heavy atom. The Morgan fingerprint density at radius 2 is 2.04 bits per heavy atom. The van der Waals surface area contributed by atoms with Crippen molar-refractivity contribution in [1.82, 2.24) is 19.7 Å². The van der Waals surface area contributed by atoms with E-state index in [9.17, 15) is 4.79 Å². The van der Waals surface area contributed by atoms with E-state index in [4.69, 9.17) is 9.47 Å². The SMILES string of the molecule is CCn1c(SCC(=O)Nc2ccc(OC)cc2OC)nnc1-c1ccccn1. The molecule has 0 spiro atoms. The standard InChI is InChI=1S/C19H21N5O3S/c1-4-24-18(15-7-5-6-10-20-15)22-23-19(24)28-12-17(25)21-14-9-8-13(26-2)11-16(14)27-3/h5-11H,4,12H2,1-3H3,(H,21,25). The van der Waals surface area contributed by atoms with E-state index >= 15 is 0 Å². The maximum absolute atomic E-state index is 12.4. The Kier molecular flexibility index (Phi) is 6.49. The number of anilines is 1. The van der Waals surface area contributed by atoms with Gasteiger partial charge < -0.3 is 19.4 Å². The first-order valence-electron chi connectivity index (χ1n) is 8.65. The maximum atomic E-state index is 12.4. The van der Waals surface area contributed by atoms with Crippen LogP contribution in [0, 0.1) is 0 Å². The first-order valence-corrected chi connectivity index (χ1v) is 9.64. The molecule has 0 saturated heterocycles. The Hall–Kier alpha value is -3.07. The van der Waals surface area contributed by atoms with Gasteiger partial charge in [-0.2, -0.15) is 0 Å². The van der Waals surface area contributed by atoms with Gasteiger partial charge in [-0.3, -0.25) is 9.78 Å². The third-order valence-corrected chi connectivity index (χ3v) is 4.91. The minimum Gasteiger partial charge on any atom is -0.497 e. The topological polar surface area (TPSA) is 91.2 Å². The van der Waals surface area contributed by atoms with Gasteiger partial charge in [-0.05, 0) is 31.2 Å². The maximum Gasteiger partial charge on any atom is 0.234 e. The number of thioether (sulfide) groups is 1. The molecule has 2 aromatic heterocycles. The number of hydrogen-bond acceptors (Lipinski definition) is 7. The molecule has 0 atom stereocenters. The lowest BCUT2D eigenvalue weighted by molar-refractivity contribution is -0.113. The van der Waals surface area contributed by atoms with Crippen LogP contribution >= 0.6 is 11.8 Å². The highest BCUT2D eigenvalue weighted by molar-refractivity contribution is 7.99. The van der Waals surface area contributed by atoms with Crippen molar-refractivity contribution in [2.75, 3.05) is 25.3 Å². The number of ether oxygens (including phenoxy) is 2. The molecular weight excluding hydrogens is 378 g/mol. The quantitative estimate of drug-likeness (QED) is 0.582. The molecule has 0 saturated carbocycles. The van der Waals surface area contributed by atoms with Crippen LogP contribution in [-0.2, 0) is 11.3 Å². The number of benzene rings is 1. The molecule has 3 aromatic rings. The number of pyridine rings is 1. The van der Waals surface area contributed by atoms with E-state index in [1.54, 1.807) is 38.6 Å². The fraction of sp³-hybridized carbons (Fsp3) is 0.263. The third kappa shape index (κ3) is 4.42. The first-order chi connectivity index (χ1) is 13.7. The van der Waals surface area contributed by atoms with E-state index in [0.717, 1.165) is 5.69 Å². The molecule has 0 unspecified atom stereocenters. The van der Waals surface area contributed by atoms with Crippen LogP contribution in [0.25, 0.3) is 11.5 Å². The summed E-state index contributed by atoms with van der Waals surface area (Å²) in [6.45, 7) is 2.68. The fourth-order valence-corrected chi connectivity index (χ4v) is 3.39. The molecule has 146 valence electrons. The average molecular weight is 399 g/mol. The highest BCUT2D eigenvalue weighted by atomic mass is 32.2. The van der Waals surface area contributed by atoms with Gasteiger partial charge >= 0.3 is 0 Å². The summed E-state index contributed by atoms with van der Waals surface area (Å²) in [4.78, 5) is 16.7. The summed E-state index contributed by atoms with van der Waals surface area (Å²) in [5.41, 5.74) is 1.33. The van der Waals surface area contributed by atoms with Crippen molar-refractivity contribution in [3.63, 3.8) is 0 Å². The summed E-state index contributed by atoms with van der Waals surface area (Å²) in [5.74, 6) is 1.89. The molecule has 1 amide bonds. The van der Waals surface area contributed by atoms with Gasteiger partial charge in [0.1, 0.15) is 17.2 Å². The predicted molar refractivity (Wildman–Crippen MR) is 108 cm³/mol.